The molecule has 0 bridgehead atoms. The van der Waals surface area contributed by atoms with E-state index in [1.807, 2.05) is 12.3 Å². The molecule has 1 amide bonds. The van der Waals surface area contributed by atoms with Gasteiger partial charge in [0.05, 0.1) is 17.6 Å². The van der Waals surface area contributed by atoms with Gasteiger partial charge in [0.25, 0.3) is 5.91 Å². The average Bonchev–Trinajstić information content (AvgIpc) is 2.95. The normalized spacial score (nSPS) is 18.8. The summed E-state index contributed by atoms with van der Waals surface area (Å²) in [5, 5.41) is 5.41. The van der Waals surface area contributed by atoms with Crippen molar-refractivity contribution < 1.29 is 4.79 Å². The number of hydrogen-bond donors (Lipinski definition) is 1. The molecule has 1 fully saturated rings. The molecule has 7 heteroatoms. The second-order valence-corrected chi connectivity index (χ2v) is 6.98. The summed E-state index contributed by atoms with van der Waals surface area (Å²) >= 11 is 1.45. The van der Waals surface area contributed by atoms with Gasteiger partial charge in [0.2, 0.25) is 0 Å². The molecule has 23 heavy (non-hydrogen) atoms. The molecule has 2 aromatic rings. The van der Waals surface area contributed by atoms with Crippen LogP contribution in [0.5, 0.6) is 0 Å². The Morgan fingerprint density at radius 2 is 2.30 bits per heavy atom. The number of nitrogens with zero attached hydrogens (tertiary/aromatic N) is 4. The maximum atomic E-state index is 12.1. The van der Waals surface area contributed by atoms with Gasteiger partial charge in [-0.2, -0.15) is 0 Å². The zero-order chi connectivity index (χ0) is 16.2. The van der Waals surface area contributed by atoms with Crippen molar-refractivity contribution >= 4 is 22.4 Å². The Bertz CT molecular complexity index is 669. The van der Waals surface area contributed by atoms with Gasteiger partial charge in [-0.15, -0.1) is 11.3 Å². The van der Waals surface area contributed by atoms with Crippen molar-refractivity contribution in [3.05, 3.63) is 34.9 Å². The van der Waals surface area contributed by atoms with Gasteiger partial charge in [-0.05, 0) is 32.2 Å². The highest BCUT2D eigenvalue weighted by Crippen LogP contribution is 2.21. The van der Waals surface area contributed by atoms with Gasteiger partial charge in [0.15, 0.2) is 5.13 Å². The van der Waals surface area contributed by atoms with Crippen molar-refractivity contribution in [2.75, 3.05) is 18.4 Å². The van der Waals surface area contributed by atoms with Crippen molar-refractivity contribution in [1.82, 2.24) is 19.9 Å². The standard InChI is InChI=1S/C16H21N5OS/c1-11-4-3-5-21(8-11)9-13-10-23-16(19-13)20-15(22)14-7-17-12(2)6-18-14/h6-7,10-11H,3-5,8-9H2,1-2H3,(H,19,20,22). The van der Waals surface area contributed by atoms with Crippen LogP contribution in [0.25, 0.3) is 0 Å². The number of rotatable bonds is 4. The van der Waals surface area contributed by atoms with Crippen molar-refractivity contribution in [2.45, 2.75) is 33.2 Å². The quantitative estimate of drug-likeness (QED) is 0.933. The van der Waals surface area contributed by atoms with Crippen LogP contribution in [0.3, 0.4) is 0 Å². The van der Waals surface area contributed by atoms with Crippen LogP contribution >= 0.6 is 11.3 Å². The number of amides is 1. The zero-order valence-corrected chi connectivity index (χ0v) is 14.3. The third-order valence-electron chi connectivity index (χ3n) is 3.91. The number of hydrogen-bond acceptors (Lipinski definition) is 6. The molecule has 0 spiro atoms. The predicted molar refractivity (Wildman–Crippen MR) is 90.5 cm³/mol. The van der Waals surface area contributed by atoms with E-state index < -0.39 is 0 Å². The number of anilines is 1. The zero-order valence-electron chi connectivity index (χ0n) is 13.5. The molecule has 0 aliphatic carbocycles. The Morgan fingerprint density at radius 1 is 1.43 bits per heavy atom. The van der Waals surface area contributed by atoms with Gasteiger partial charge in [-0.1, -0.05) is 6.92 Å². The molecule has 122 valence electrons. The van der Waals surface area contributed by atoms with Crippen molar-refractivity contribution in [1.29, 1.82) is 0 Å². The van der Waals surface area contributed by atoms with Crippen molar-refractivity contribution in [3.63, 3.8) is 0 Å². The highest BCUT2D eigenvalue weighted by atomic mass is 32.1. The molecular formula is C16H21N5OS. The molecule has 1 atom stereocenters. The topological polar surface area (TPSA) is 71.0 Å². The lowest BCUT2D eigenvalue weighted by molar-refractivity contribution is 0.102. The van der Waals surface area contributed by atoms with E-state index in [4.69, 9.17) is 0 Å². The summed E-state index contributed by atoms with van der Waals surface area (Å²) in [4.78, 5) is 27.2. The summed E-state index contributed by atoms with van der Waals surface area (Å²) in [6.45, 7) is 7.23. The van der Waals surface area contributed by atoms with E-state index in [1.54, 1.807) is 6.20 Å². The number of nitrogens with one attached hydrogen (secondary N) is 1. The van der Waals surface area contributed by atoms with E-state index in [0.717, 1.165) is 36.9 Å². The number of aromatic nitrogens is 3. The summed E-state index contributed by atoms with van der Waals surface area (Å²) in [7, 11) is 0. The first-order valence-electron chi connectivity index (χ1n) is 7.87. The van der Waals surface area contributed by atoms with E-state index in [2.05, 4.69) is 32.1 Å². The highest BCUT2D eigenvalue weighted by molar-refractivity contribution is 7.13. The lowest BCUT2D eigenvalue weighted by atomic mass is 10.0. The van der Waals surface area contributed by atoms with Crippen LogP contribution in [-0.2, 0) is 6.54 Å². The predicted octanol–water partition coefficient (Wildman–Crippen LogP) is 2.73. The van der Waals surface area contributed by atoms with Gasteiger partial charge >= 0.3 is 0 Å². The summed E-state index contributed by atoms with van der Waals surface area (Å²) in [5.41, 5.74) is 2.10. The first-order chi connectivity index (χ1) is 11.1. The first-order valence-corrected chi connectivity index (χ1v) is 8.75. The molecule has 3 rings (SSSR count). The highest BCUT2D eigenvalue weighted by Gasteiger charge is 2.18. The Morgan fingerprint density at radius 3 is 3.04 bits per heavy atom. The molecule has 6 nitrogen and oxygen atoms in total. The summed E-state index contributed by atoms with van der Waals surface area (Å²) in [6.07, 6.45) is 5.63. The number of carbonyl (C=O) groups is 1. The Hall–Kier alpha value is -1.86. The maximum Gasteiger partial charge on any atom is 0.277 e. The number of aryl methyl sites for hydroxylation is 1. The monoisotopic (exact) mass is 331 g/mol. The maximum absolute atomic E-state index is 12.1. The number of piperidine rings is 1. The molecule has 0 saturated carbocycles. The van der Waals surface area contributed by atoms with Gasteiger partial charge in [0, 0.05) is 24.7 Å². The fraction of sp³-hybridized carbons (Fsp3) is 0.500. The Kier molecular flexibility index (Phi) is 4.97. The third kappa shape index (κ3) is 4.33. The van der Waals surface area contributed by atoms with Crippen molar-refractivity contribution in [3.8, 4) is 0 Å². The number of likely N-dealkylation sites (tertiary alicyclic amines) is 1. The summed E-state index contributed by atoms with van der Waals surface area (Å²) in [5.74, 6) is 0.478. The molecule has 1 saturated heterocycles. The van der Waals surface area contributed by atoms with E-state index in [1.165, 1.54) is 30.4 Å². The van der Waals surface area contributed by atoms with Gasteiger partial charge in [-0.3, -0.25) is 20.0 Å². The molecule has 1 aliphatic rings. The smallest absolute Gasteiger partial charge is 0.277 e. The molecule has 0 radical (unpaired) electrons. The largest absolute Gasteiger partial charge is 0.297 e. The Labute approximate surface area is 140 Å². The van der Waals surface area contributed by atoms with Gasteiger partial charge in [0.1, 0.15) is 5.69 Å². The van der Waals surface area contributed by atoms with Crippen LogP contribution in [-0.4, -0.2) is 38.8 Å². The number of carbonyl (C=O) groups excluding carboxylic acids is 1. The third-order valence-corrected chi connectivity index (χ3v) is 4.72. The van der Waals surface area contributed by atoms with Crippen LogP contribution in [0.2, 0.25) is 0 Å². The van der Waals surface area contributed by atoms with E-state index in [0.29, 0.717) is 10.8 Å². The molecule has 2 aromatic heterocycles. The molecule has 1 aliphatic heterocycles. The van der Waals surface area contributed by atoms with Gasteiger partial charge < -0.3 is 0 Å². The summed E-state index contributed by atoms with van der Waals surface area (Å²) in [6, 6.07) is 0. The van der Waals surface area contributed by atoms with Gasteiger partial charge in [-0.25, -0.2) is 9.97 Å². The van der Waals surface area contributed by atoms with Crippen molar-refractivity contribution in [2.24, 2.45) is 5.92 Å². The lowest BCUT2D eigenvalue weighted by Crippen LogP contribution is -2.33. The number of thiazole rings is 1. The van der Waals surface area contributed by atoms with E-state index >= 15 is 0 Å². The molecule has 1 unspecified atom stereocenters. The lowest BCUT2D eigenvalue weighted by Gasteiger charge is -2.30. The van der Waals surface area contributed by atoms with Crippen LogP contribution in [0.15, 0.2) is 17.8 Å². The summed E-state index contributed by atoms with van der Waals surface area (Å²) < 4.78 is 0. The van der Waals surface area contributed by atoms with Crippen LogP contribution < -0.4 is 5.32 Å². The second-order valence-electron chi connectivity index (χ2n) is 6.12. The minimum atomic E-state index is -0.273. The minimum absolute atomic E-state index is 0.273. The fourth-order valence-electron chi connectivity index (χ4n) is 2.77. The molecular weight excluding hydrogens is 310 g/mol. The minimum Gasteiger partial charge on any atom is -0.297 e. The Balaban J connectivity index is 1.58. The van der Waals surface area contributed by atoms with Crippen LogP contribution in [0.4, 0.5) is 5.13 Å². The molecule has 1 N–H and O–H groups in total. The van der Waals surface area contributed by atoms with E-state index in [9.17, 15) is 4.79 Å². The first kappa shape index (κ1) is 16.0. The molecule has 0 aromatic carbocycles. The van der Waals surface area contributed by atoms with Crippen LogP contribution in [0.1, 0.15) is 41.6 Å². The SMILES string of the molecule is Cc1cnc(C(=O)Nc2nc(CN3CCCC(C)C3)cs2)cn1. The fourth-order valence-corrected chi connectivity index (χ4v) is 3.46. The second kappa shape index (κ2) is 7.14. The van der Waals surface area contributed by atoms with E-state index in [-0.39, 0.29) is 5.91 Å². The molecule has 3 heterocycles. The van der Waals surface area contributed by atoms with Crippen LogP contribution in [0, 0.1) is 12.8 Å². The average molecular weight is 331 g/mol.